The summed E-state index contributed by atoms with van der Waals surface area (Å²) in [7, 11) is 0. The van der Waals surface area contributed by atoms with Crippen LogP contribution in [0.2, 0.25) is 0 Å². The summed E-state index contributed by atoms with van der Waals surface area (Å²) in [5, 5.41) is 0. The molecular weight excluding hydrogens is 488 g/mol. The summed E-state index contributed by atoms with van der Waals surface area (Å²) in [5.41, 5.74) is 7.15. The number of fused-ring (bicyclic) bond motifs is 4. The van der Waals surface area contributed by atoms with Crippen LogP contribution in [0.4, 0.5) is 0 Å². The van der Waals surface area contributed by atoms with Gasteiger partial charge in [0.25, 0.3) is 0 Å². The van der Waals surface area contributed by atoms with Gasteiger partial charge in [-0.3, -0.25) is 0 Å². The molecule has 5 aliphatic heterocycles. The summed E-state index contributed by atoms with van der Waals surface area (Å²) in [4.78, 5) is 18.4. The van der Waals surface area contributed by atoms with Gasteiger partial charge in [-0.05, 0) is 72.9 Å². The number of aliphatic imine (C=N–C) groups is 4. The first-order chi connectivity index (χ1) is 11.8. The standard InChI is InChI=1S/C20H12N4.Ir/c1-2-14-10-16-5-6-18(23-16)12-20-8-7-19(24-20)11-17-4-3-15(22-17)9-13(1)21-14;/h1-12H;. The summed E-state index contributed by atoms with van der Waals surface area (Å²) in [6, 6.07) is 0. The first-order valence-corrected chi connectivity index (χ1v) is 7.74. The van der Waals surface area contributed by atoms with Crippen LogP contribution in [0.3, 0.4) is 0 Å². The molecule has 1 radical (unpaired) electrons. The fraction of sp³-hybridized carbons (Fsp3) is 0. The quantitative estimate of drug-likeness (QED) is 0.489. The second-order valence-electron chi connectivity index (χ2n) is 5.76. The first kappa shape index (κ1) is 15.8. The maximum atomic E-state index is 4.59. The molecule has 8 bridgehead atoms. The van der Waals surface area contributed by atoms with Crippen molar-refractivity contribution in [1.29, 1.82) is 0 Å². The van der Waals surface area contributed by atoms with Gasteiger partial charge in [-0.25, -0.2) is 20.0 Å². The topological polar surface area (TPSA) is 49.4 Å². The summed E-state index contributed by atoms with van der Waals surface area (Å²) < 4.78 is 0. The van der Waals surface area contributed by atoms with Gasteiger partial charge >= 0.3 is 0 Å². The average molecular weight is 501 g/mol. The molecule has 121 valence electrons. The summed E-state index contributed by atoms with van der Waals surface area (Å²) in [6.45, 7) is 0. The number of nitrogens with zero attached hydrogens (tertiary/aromatic N) is 4. The molecule has 4 nitrogen and oxygen atoms in total. The van der Waals surface area contributed by atoms with Crippen molar-refractivity contribution in [3.63, 3.8) is 0 Å². The molecular formula is C20H12IrN4. The van der Waals surface area contributed by atoms with E-state index in [0.717, 1.165) is 45.6 Å². The number of allylic oxidation sites excluding steroid dienone is 12. The fourth-order valence-electron chi connectivity index (χ4n) is 2.83. The van der Waals surface area contributed by atoms with Crippen LogP contribution in [0.15, 0.2) is 116 Å². The third-order valence-corrected chi connectivity index (χ3v) is 3.92. The summed E-state index contributed by atoms with van der Waals surface area (Å²) in [6.07, 6.45) is 23.8. The van der Waals surface area contributed by atoms with Crippen LogP contribution in [0, 0.1) is 0 Å². The van der Waals surface area contributed by atoms with Crippen LogP contribution >= 0.6 is 0 Å². The van der Waals surface area contributed by atoms with Crippen molar-refractivity contribution in [2.75, 3.05) is 0 Å². The molecule has 5 heterocycles. The Morgan fingerprint density at radius 3 is 0.840 bits per heavy atom. The van der Waals surface area contributed by atoms with Gasteiger partial charge in [-0.1, -0.05) is 0 Å². The monoisotopic (exact) mass is 501 g/mol. The molecule has 0 aromatic heterocycles. The van der Waals surface area contributed by atoms with Gasteiger partial charge in [0, 0.05) is 20.1 Å². The predicted octanol–water partition coefficient (Wildman–Crippen LogP) is 3.58. The van der Waals surface area contributed by atoms with Crippen LogP contribution in [0.25, 0.3) is 0 Å². The van der Waals surface area contributed by atoms with Crippen LogP contribution in [-0.2, 0) is 20.1 Å². The van der Waals surface area contributed by atoms with E-state index in [1.807, 2.05) is 72.9 Å². The van der Waals surface area contributed by atoms with E-state index < -0.39 is 0 Å². The molecule has 5 heteroatoms. The third-order valence-electron chi connectivity index (χ3n) is 3.92. The minimum atomic E-state index is 0. The van der Waals surface area contributed by atoms with E-state index in [4.69, 9.17) is 0 Å². The normalized spacial score (nSPS) is 21.8. The summed E-state index contributed by atoms with van der Waals surface area (Å²) in [5.74, 6) is 0. The van der Waals surface area contributed by atoms with Crippen molar-refractivity contribution in [3.8, 4) is 0 Å². The number of rotatable bonds is 0. The van der Waals surface area contributed by atoms with E-state index in [1.54, 1.807) is 0 Å². The Morgan fingerprint density at radius 1 is 0.360 bits per heavy atom. The molecule has 0 saturated heterocycles. The molecule has 0 saturated carbocycles. The largest absolute Gasteiger partial charge is 0.249 e. The van der Waals surface area contributed by atoms with E-state index in [-0.39, 0.29) is 20.1 Å². The molecule has 0 amide bonds. The molecule has 0 aromatic rings. The zero-order chi connectivity index (χ0) is 15.9. The fourth-order valence-corrected chi connectivity index (χ4v) is 2.83. The Morgan fingerprint density at radius 2 is 0.600 bits per heavy atom. The predicted molar refractivity (Wildman–Crippen MR) is 98.6 cm³/mol. The second kappa shape index (κ2) is 6.28. The van der Waals surface area contributed by atoms with E-state index in [2.05, 4.69) is 20.0 Å². The zero-order valence-electron chi connectivity index (χ0n) is 13.1. The summed E-state index contributed by atoms with van der Waals surface area (Å²) >= 11 is 0. The van der Waals surface area contributed by atoms with E-state index in [0.29, 0.717) is 0 Å². The smallest absolute Gasteiger partial charge is 0.0659 e. The average Bonchev–Trinajstić information content (AvgIpc) is 3.32. The van der Waals surface area contributed by atoms with E-state index in [9.17, 15) is 0 Å². The Kier molecular flexibility index (Phi) is 3.96. The van der Waals surface area contributed by atoms with Gasteiger partial charge in [0.15, 0.2) is 0 Å². The van der Waals surface area contributed by atoms with Crippen LogP contribution < -0.4 is 0 Å². The molecule has 0 unspecified atom stereocenters. The molecule has 0 fully saturated rings. The van der Waals surface area contributed by atoms with E-state index in [1.165, 1.54) is 0 Å². The van der Waals surface area contributed by atoms with Crippen LogP contribution in [0.5, 0.6) is 0 Å². The van der Waals surface area contributed by atoms with Crippen LogP contribution in [-0.4, -0.2) is 22.8 Å². The van der Waals surface area contributed by atoms with Crippen molar-refractivity contribution in [2.24, 2.45) is 20.0 Å². The van der Waals surface area contributed by atoms with Crippen molar-refractivity contribution >= 4 is 22.8 Å². The van der Waals surface area contributed by atoms with Crippen molar-refractivity contribution in [1.82, 2.24) is 0 Å². The maximum absolute atomic E-state index is 4.59. The molecule has 0 aliphatic carbocycles. The SMILES string of the molecule is C1=CC2=NC1=CC1=NC(=CC3=NC(=CC4=NC(=C2)C=C4)C=C3)C=C1.[Ir]. The van der Waals surface area contributed by atoms with Crippen LogP contribution in [0.1, 0.15) is 0 Å². The molecule has 5 rings (SSSR count). The Bertz CT molecular complexity index is 848. The van der Waals surface area contributed by atoms with Gasteiger partial charge in [0.1, 0.15) is 0 Å². The van der Waals surface area contributed by atoms with Gasteiger partial charge in [0.05, 0.1) is 45.6 Å². The molecule has 5 aliphatic rings. The Hall–Kier alpha value is -2.75. The maximum Gasteiger partial charge on any atom is 0.0659 e. The van der Waals surface area contributed by atoms with Gasteiger partial charge in [-0.15, -0.1) is 0 Å². The minimum absolute atomic E-state index is 0. The minimum Gasteiger partial charge on any atom is -0.249 e. The van der Waals surface area contributed by atoms with Crippen molar-refractivity contribution in [3.05, 3.63) is 95.7 Å². The van der Waals surface area contributed by atoms with Crippen molar-refractivity contribution in [2.45, 2.75) is 0 Å². The number of hydrogen-bond acceptors (Lipinski definition) is 4. The van der Waals surface area contributed by atoms with Gasteiger partial charge in [-0.2, -0.15) is 0 Å². The number of hydrogen-bond donors (Lipinski definition) is 0. The second-order valence-corrected chi connectivity index (χ2v) is 5.76. The Labute approximate surface area is 158 Å². The molecule has 0 spiro atoms. The molecule has 25 heavy (non-hydrogen) atoms. The Balaban J connectivity index is 0.00000157. The molecule has 0 atom stereocenters. The van der Waals surface area contributed by atoms with Crippen molar-refractivity contribution < 1.29 is 20.1 Å². The van der Waals surface area contributed by atoms with Gasteiger partial charge < -0.3 is 0 Å². The molecule has 0 aromatic carbocycles. The first-order valence-electron chi connectivity index (χ1n) is 7.74. The molecule has 0 N–H and O–H groups in total. The van der Waals surface area contributed by atoms with Gasteiger partial charge in [0.2, 0.25) is 0 Å². The third kappa shape index (κ3) is 3.25. The van der Waals surface area contributed by atoms with E-state index >= 15 is 0 Å². The zero-order valence-corrected chi connectivity index (χ0v) is 15.4.